The van der Waals surface area contributed by atoms with Crippen molar-refractivity contribution in [2.75, 3.05) is 6.54 Å². The fraction of sp³-hybridized carbons (Fsp3) is 0.462. The van der Waals surface area contributed by atoms with Gasteiger partial charge in [0, 0.05) is 12.6 Å². The van der Waals surface area contributed by atoms with Gasteiger partial charge < -0.3 is 10.6 Å². The molecule has 1 rings (SSSR count). The highest BCUT2D eigenvalue weighted by Crippen LogP contribution is 1.96. The standard InChI is InChI=1S/C13H20N2O/c1-3-11(2)15-13(16)10-14-9-12-7-5-4-6-8-12/h4-8,11,14H,3,9-10H2,1-2H3,(H,15,16). The van der Waals surface area contributed by atoms with Crippen LogP contribution in [0, 0.1) is 0 Å². The Bertz CT molecular complexity index is 311. The molecule has 0 heterocycles. The fourth-order valence-electron chi connectivity index (χ4n) is 1.34. The van der Waals surface area contributed by atoms with Crippen molar-refractivity contribution in [2.45, 2.75) is 32.9 Å². The molecule has 0 radical (unpaired) electrons. The van der Waals surface area contributed by atoms with Crippen molar-refractivity contribution in [1.29, 1.82) is 0 Å². The normalized spacial score (nSPS) is 12.1. The van der Waals surface area contributed by atoms with Gasteiger partial charge in [0.15, 0.2) is 0 Å². The fourth-order valence-corrected chi connectivity index (χ4v) is 1.34. The summed E-state index contributed by atoms with van der Waals surface area (Å²) in [6, 6.07) is 10.3. The quantitative estimate of drug-likeness (QED) is 0.766. The molecular weight excluding hydrogens is 200 g/mol. The molecule has 0 aliphatic carbocycles. The molecule has 2 N–H and O–H groups in total. The molecule has 0 saturated heterocycles. The average molecular weight is 220 g/mol. The number of hydrogen-bond acceptors (Lipinski definition) is 2. The zero-order chi connectivity index (χ0) is 11.8. The molecule has 0 aliphatic heterocycles. The summed E-state index contributed by atoms with van der Waals surface area (Å²) in [6.07, 6.45) is 0.963. The van der Waals surface area contributed by atoms with Crippen molar-refractivity contribution in [3.05, 3.63) is 35.9 Å². The largest absolute Gasteiger partial charge is 0.353 e. The van der Waals surface area contributed by atoms with E-state index in [9.17, 15) is 4.79 Å². The van der Waals surface area contributed by atoms with Gasteiger partial charge >= 0.3 is 0 Å². The summed E-state index contributed by atoms with van der Waals surface area (Å²) < 4.78 is 0. The van der Waals surface area contributed by atoms with E-state index in [1.165, 1.54) is 5.56 Å². The summed E-state index contributed by atoms with van der Waals surface area (Å²) in [7, 11) is 0. The number of amides is 1. The van der Waals surface area contributed by atoms with Crippen molar-refractivity contribution in [3.63, 3.8) is 0 Å². The number of hydrogen-bond donors (Lipinski definition) is 2. The lowest BCUT2D eigenvalue weighted by atomic mass is 10.2. The van der Waals surface area contributed by atoms with Gasteiger partial charge in [-0.05, 0) is 18.9 Å². The SMILES string of the molecule is CCC(C)NC(=O)CNCc1ccccc1. The predicted molar refractivity (Wildman–Crippen MR) is 66.0 cm³/mol. The highest BCUT2D eigenvalue weighted by molar-refractivity contribution is 5.78. The lowest BCUT2D eigenvalue weighted by Gasteiger charge is -2.11. The van der Waals surface area contributed by atoms with Gasteiger partial charge in [0.2, 0.25) is 5.91 Å². The summed E-state index contributed by atoms with van der Waals surface area (Å²) >= 11 is 0. The first kappa shape index (κ1) is 12.7. The maximum atomic E-state index is 11.4. The third-order valence-electron chi connectivity index (χ3n) is 2.48. The van der Waals surface area contributed by atoms with E-state index in [4.69, 9.17) is 0 Å². The molecule has 3 nitrogen and oxygen atoms in total. The Balaban J connectivity index is 2.18. The Morgan fingerprint density at radius 2 is 2.00 bits per heavy atom. The highest BCUT2D eigenvalue weighted by atomic mass is 16.1. The monoisotopic (exact) mass is 220 g/mol. The lowest BCUT2D eigenvalue weighted by molar-refractivity contribution is -0.120. The van der Waals surface area contributed by atoms with Gasteiger partial charge in [-0.25, -0.2) is 0 Å². The Labute approximate surface area is 97.2 Å². The van der Waals surface area contributed by atoms with E-state index in [0.717, 1.165) is 13.0 Å². The van der Waals surface area contributed by atoms with Gasteiger partial charge in [-0.1, -0.05) is 37.3 Å². The van der Waals surface area contributed by atoms with Gasteiger partial charge in [-0.2, -0.15) is 0 Å². The molecule has 1 atom stereocenters. The molecule has 88 valence electrons. The van der Waals surface area contributed by atoms with E-state index >= 15 is 0 Å². The minimum atomic E-state index is 0.0604. The van der Waals surface area contributed by atoms with Crippen LogP contribution < -0.4 is 10.6 Å². The second-order valence-electron chi connectivity index (χ2n) is 3.97. The Morgan fingerprint density at radius 3 is 2.62 bits per heavy atom. The Morgan fingerprint density at radius 1 is 1.31 bits per heavy atom. The van der Waals surface area contributed by atoms with Crippen LogP contribution >= 0.6 is 0 Å². The van der Waals surface area contributed by atoms with Crippen LogP contribution in [0.15, 0.2) is 30.3 Å². The van der Waals surface area contributed by atoms with E-state index in [1.54, 1.807) is 0 Å². The van der Waals surface area contributed by atoms with E-state index in [-0.39, 0.29) is 11.9 Å². The zero-order valence-electron chi connectivity index (χ0n) is 9.99. The number of benzene rings is 1. The molecule has 1 aromatic carbocycles. The zero-order valence-corrected chi connectivity index (χ0v) is 9.99. The van der Waals surface area contributed by atoms with Gasteiger partial charge in [0.1, 0.15) is 0 Å². The average Bonchev–Trinajstić information content (AvgIpc) is 2.30. The first-order chi connectivity index (χ1) is 7.72. The number of nitrogens with one attached hydrogen (secondary N) is 2. The molecule has 1 unspecified atom stereocenters. The van der Waals surface area contributed by atoms with E-state index in [1.807, 2.05) is 37.3 Å². The van der Waals surface area contributed by atoms with Crippen molar-refractivity contribution < 1.29 is 4.79 Å². The molecule has 0 bridgehead atoms. The third-order valence-corrected chi connectivity index (χ3v) is 2.48. The van der Waals surface area contributed by atoms with Gasteiger partial charge in [0.05, 0.1) is 6.54 Å². The first-order valence-electron chi connectivity index (χ1n) is 5.76. The van der Waals surface area contributed by atoms with Gasteiger partial charge in [-0.3, -0.25) is 4.79 Å². The molecule has 1 aromatic rings. The smallest absolute Gasteiger partial charge is 0.234 e. The highest BCUT2D eigenvalue weighted by Gasteiger charge is 2.04. The van der Waals surface area contributed by atoms with Crippen LogP contribution in [0.5, 0.6) is 0 Å². The van der Waals surface area contributed by atoms with Crippen LogP contribution in [0.25, 0.3) is 0 Å². The van der Waals surface area contributed by atoms with Crippen LogP contribution in [0.3, 0.4) is 0 Å². The van der Waals surface area contributed by atoms with Gasteiger partial charge in [-0.15, -0.1) is 0 Å². The molecule has 0 fully saturated rings. The molecular formula is C13H20N2O. The summed E-state index contributed by atoms with van der Waals surface area (Å²) in [5.41, 5.74) is 1.19. The minimum Gasteiger partial charge on any atom is -0.353 e. The van der Waals surface area contributed by atoms with Crippen LogP contribution in [0.1, 0.15) is 25.8 Å². The number of carbonyl (C=O) groups is 1. The molecule has 1 amide bonds. The summed E-state index contributed by atoms with van der Waals surface area (Å²) in [5, 5.41) is 6.03. The van der Waals surface area contributed by atoms with E-state index < -0.39 is 0 Å². The van der Waals surface area contributed by atoms with E-state index in [2.05, 4.69) is 17.6 Å². The number of carbonyl (C=O) groups excluding carboxylic acids is 1. The second kappa shape index (κ2) is 7.01. The molecule has 3 heteroatoms. The molecule has 0 saturated carbocycles. The van der Waals surface area contributed by atoms with Crippen molar-refractivity contribution in [1.82, 2.24) is 10.6 Å². The van der Waals surface area contributed by atoms with Crippen LogP contribution in [0.2, 0.25) is 0 Å². The maximum absolute atomic E-state index is 11.4. The van der Waals surface area contributed by atoms with Crippen molar-refractivity contribution in [3.8, 4) is 0 Å². The van der Waals surface area contributed by atoms with Gasteiger partial charge in [0.25, 0.3) is 0 Å². The maximum Gasteiger partial charge on any atom is 0.234 e. The predicted octanol–water partition coefficient (Wildman–Crippen LogP) is 1.69. The number of rotatable bonds is 6. The van der Waals surface area contributed by atoms with Crippen molar-refractivity contribution in [2.24, 2.45) is 0 Å². The molecule has 16 heavy (non-hydrogen) atoms. The van der Waals surface area contributed by atoms with Crippen LogP contribution in [0.4, 0.5) is 0 Å². The second-order valence-corrected chi connectivity index (χ2v) is 3.97. The van der Waals surface area contributed by atoms with Crippen LogP contribution in [-0.4, -0.2) is 18.5 Å². The third kappa shape index (κ3) is 4.94. The molecule has 0 aliphatic rings. The minimum absolute atomic E-state index is 0.0604. The van der Waals surface area contributed by atoms with Crippen molar-refractivity contribution >= 4 is 5.91 Å². The van der Waals surface area contributed by atoms with Crippen LogP contribution in [-0.2, 0) is 11.3 Å². The molecule has 0 spiro atoms. The Hall–Kier alpha value is -1.35. The lowest BCUT2D eigenvalue weighted by Crippen LogP contribution is -2.38. The first-order valence-corrected chi connectivity index (χ1v) is 5.76. The summed E-state index contributed by atoms with van der Waals surface area (Å²) in [5.74, 6) is 0.0604. The topological polar surface area (TPSA) is 41.1 Å². The summed E-state index contributed by atoms with van der Waals surface area (Å²) in [6.45, 7) is 5.17. The Kier molecular flexibility index (Phi) is 5.57. The van der Waals surface area contributed by atoms with E-state index in [0.29, 0.717) is 6.54 Å². The molecule has 0 aromatic heterocycles. The summed E-state index contributed by atoms with van der Waals surface area (Å²) in [4.78, 5) is 11.4.